The first kappa shape index (κ1) is 34.8. The van der Waals surface area contributed by atoms with E-state index in [0.717, 1.165) is 10.6 Å². The number of carbonyl (C=O) groups excluding carboxylic acids is 2. The van der Waals surface area contributed by atoms with Gasteiger partial charge >= 0.3 is 0 Å². The summed E-state index contributed by atoms with van der Waals surface area (Å²) in [5, 5.41) is 11.0. The van der Waals surface area contributed by atoms with E-state index >= 15 is 0 Å². The van der Waals surface area contributed by atoms with Crippen molar-refractivity contribution in [3.8, 4) is 5.75 Å². The maximum absolute atomic E-state index is 13.1. The van der Waals surface area contributed by atoms with Gasteiger partial charge in [-0.2, -0.15) is 0 Å². The second-order valence-corrected chi connectivity index (χ2v) is 11.9. The lowest BCUT2D eigenvalue weighted by atomic mass is 9.88. The Morgan fingerprint density at radius 1 is 1.04 bits per heavy atom. The summed E-state index contributed by atoms with van der Waals surface area (Å²) in [6, 6.07) is 13.7. The molecule has 1 atom stereocenters. The zero-order chi connectivity index (χ0) is 33.3. The van der Waals surface area contributed by atoms with Crippen LogP contribution in [-0.2, 0) is 14.8 Å². The Balaban J connectivity index is 1.63. The SMILES string of the molecule is COc1ccc(C(CC(=O)NCCN(C)CCN(N)C(=O)c2nc(Cl)c(N)nc2N)c2ccccc2)cc1S(=O)(=O)NC(=N)N. The third-order valence-corrected chi connectivity index (χ3v) is 8.29. The molecule has 1 heterocycles. The molecule has 1 aromatic heterocycles. The minimum absolute atomic E-state index is 0.0113. The molecule has 0 aliphatic carbocycles. The van der Waals surface area contributed by atoms with Gasteiger partial charge in [0.25, 0.3) is 15.9 Å². The predicted molar refractivity (Wildman–Crippen MR) is 170 cm³/mol. The molecule has 0 aliphatic rings. The van der Waals surface area contributed by atoms with E-state index in [1.54, 1.807) is 13.1 Å². The fraction of sp³-hybridized carbons (Fsp3) is 0.296. The second kappa shape index (κ2) is 15.3. The van der Waals surface area contributed by atoms with E-state index in [1.165, 1.54) is 19.2 Å². The first-order valence-electron chi connectivity index (χ1n) is 13.4. The van der Waals surface area contributed by atoms with Crippen LogP contribution >= 0.6 is 11.6 Å². The molecule has 2 amide bonds. The molecule has 0 saturated heterocycles. The second-order valence-electron chi connectivity index (χ2n) is 9.88. The zero-order valence-corrected chi connectivity index (χ0v) is 26.2. The van der Waals surface area contributed by atoms with Gasteiger partial charge < -0.3 is 32.2 Å². The van der Waals surface area contributed by atoms with Gasteiger partial charge in [0.1, 0.15) is 10.6 Å². The summed E-state index contributed by atoms with van der Waals surface area (Å²) in [5.41, 5.74) is 17.7. The number of guanidine groups is 1. The number of anilines is 2. The van der Waals surface area contributed by atoms with Gasteiger partial charge in [-0.15, -0.1) is 0 Å². The van der Waals surface area contributed by atoms with Gasteiger partial charge in [0.05, 0.1) is 13.7 Å². The molecule has 16 nitrogen and oxygen atoms in total. The summed E-state index contributed by atoms with van der Waals surface area (Å²) >= 11 is 5.85. The van der Waals surface area contributed by atoms with E-state index in [4.69, 9.17) is 44.8 Å². The van der Waals surface area contributed by atoms with Gasteiger partial charge in [-0.25, -0.2) is 29.0 Å². The number of nitrogens with one attached hydrogen (secondary N) is 3. The van der Waals surface area contributed by atoms with Crippen molar-refractivity contribution in [2.45, 2.75) is 17.2 Å². The number of rotatable bonds is 14. The molecule has 0 bridgehead atoms. The van der Waals surface area contributed by atoms with Crippen LogP contribution in [0.4, 0.5) is 11.6 Å². The van der Waals surface area contributed by atoms with Crippen LogP contribution in [0.2, 0.25) is 5.15 Å². The number of carbonyl (C=O) groups is 2. The van der Waals surface area contributed by atoms with Gasteiger partial charge in [0.2, 0.25) is 5.91 Å². The number of aromatic nitrogens is 2. The molecule has 0 saturated carbocycles. The molecule has 0 spiro atoms. The molecule has 242 valence electrons. The molecule has 1 unspecified atom stereocenters. The lowest BCUT2D eigenvalue weighted by Crippen LogP contribution is -2.44. The fourth-order valence-corrected chi connectivity index (χ4v) is 5.54. The normalized spacial score (nSPS) is 11.9. The number of ether oxygens (including phenoxy) is 1. The average molecular weight is 662 g/mol. The van der Waals surface area contributed by atoms with Crippen molar-refractivity contribution >= 4 is 51.0 Å². The van der Waals surface area contributed by atoms with Crippen LogP contribution in [0, 0.1) is 5.41 Å². The molecule has 45 heavy (non-hydrogen) atoms. The Morgan fingerprint density at radius 3 is 2.38 bits per heavy atom. The molecular weight excluding hydrogens is 626 g/mol. The smallest absolute Gasteiger partial charge is 0.290 e. The molecule has 0 aliphatic heterocycles. The molecule has 18 heteroatoms. The maximum Gasteiger partial charge on any atom is 0.290 e. The van der Waals surface area contributed by atoms with E-state index < -0.39 is 27.8 Å². The Hall–Kier alpha value is -4.71. The van der Waals surface area contributed by atoms with Crippen LogP contribution in [-0.4, -0.2) is 86.4 Å². The highest BCUT2D eigenvalue weighted by molar-refractivity contribution is 7.90. The summed E-state index contributed by atoms with van der Waals surface area (Å²) in [6.45, 7) is 1.19. The van der Waals surface area contributed by atoms with Gasteiger partial charge in [-0.05, 0) is 30.3 Å². The molecule has 0 radical (unpaired) electrons. The molecule has 3 aromatic rings. The average Bonchev–Trinajstić information content (AvgIpc) is 2.99. The third kappa shape index (κ3) is 9.39. The Kier molecular flexibility index (Phi) is 11.9. The predicted octanol–water partition coefficient (Wildman–Crippen LogP) is 0.0609. The molecule has 0 fully saturated rings. The van der Waals surface area contributed by atoms with Gasteiger partial charge in [-0.3, -0.25) is 20.0 Å². The number of hydrogen-bond donors (Lipinski definition) is 7. The van der Waals surface area contributed by atoms with Crippen LogP contribution in [0.1, 0.15) is 34.0 Å². The number of nitrogens with zero attached hydrogens (tertiary/aromatic N) is 4. The third-order valence-electron chi connectivity index (χ3n) is 6.62. The standard InChI is InChI=1S/C27H36ClN11O5S/c1-38(12-13-39(33)26(41)22-24(29)36-25(30)23(28)35-22)11-10-34-21(40)15-18(16-6-4-3-5-7-16)17-8-9-19(44-2)20(14-17)45(42,43)37-27(31)32/h3-9,14,18H,10-13,15,33H2,1-2H3,(H,34,40)(H4,29,30,36)(H4,31,32,37). The summed E-state index contributed by atoms with van der Waals surface area (Å²) in [4.78, 5) is 35.0. The minimum Gasteiger partial charge on any atom is -0.495 e. The highest BCUT2D eigenvalue weighted by atomic mass is 35.5. The number of hydrogen-bond acceptors (Lipinski definition) is 12. The number of benzene rings is 2. The Morgan fingerprint density at radius 2 is 1.73 bits per heavy atom. The quantitative estimate of drug-likeness (QED) is 0.0398. The summed E-state index contributed by atoms with van der Waals surface area (Å²) in [5.74, 6) is 3.46. The van der Waals surface area contributed by atoms with Crippen molar-refractivity contribution in [2.75, 3.05) is 51.8 Å². The van der Waals surface area contributed by atoms with E-state index in [-0.39, 0.29) is 58.5 Å². The first-order chi connectivity index (χ1) is 21.2. The summed E-state index contributed by atoms with van der Waals surface area (Å²) in [7, 11) is -1.10. The van der Waals surface area contributed by atoms with Crippen molar-refractivity contribution in [3.63, 3.8) is 0 Å². The first-order valence-corrected chi connectivity index (χ1v) is 15.3. The van der Waals surface area contributed by atoms with Gasteiger partial charge in [-0.1, -0.05) is 48.0 Å². The number of hydrazine groups is 1. The highest BCUT2D eigenvalue weighted by Gasteiger charge is 2.25. The Bertz CT molecular complexity index is 1640. The summed E-state index contributed by atoms with van der Waals surface area (Å²) < 4.78 is 32.9. The number of nitrogen functional groups attached to an aromatic ring is 2. The van der Waals surface area contributed by atoms with Crippen LogP contribution in [0.3, 0.4) is 0 Å². The van der Waals surface area contributed by atoms with Crippen molar-refractivity contribution in [1.82, 2.24) is 29.9 Å². The number of nitrogens with two attached hydrogens (primary N) is 4. The molecule has 2 aromatic carbocycles. The van der Waals surface area contributed by atoms with E-state index in [0.29, 0.717) is 18.7 Å². The van der Waals surface area contributed by atoms with Crippen molar-refractivity contribution < 1.29 is 22.7 Å². The number of likely N-dealkylation sites (N-methyl/N-ethyl adjacent to an activating group) is 1. The van der Waals surface area contributed by atoms with Crippen LogP contribution in [0.25, 0.3) is 0 Å². The largest absolute Gasteiger partial charge is 0.495 e. The van der Waals surface area contributed by atoms with Crippen LogP contribution < -0.4 is 37.8 Å². The number of halogens is 1. The molecule has 3 rings (SSSR count). The highest BCUT2D eigenvalue weighted by Crippen LogP contribution is 2.33. The maximum atomic E-state index is 13.1. The molecule has 11 N–H and O–H groups in total. The van der Waals surface area contributed by atoms with Crippen LogP contribution in [0.15, 0.2) is 53.4 Å². The van der Waals surface area contributed by atoms with E-state index in [2.05, 4.69) is 15.3 Å². The van der Waals surface area contributed by atoms with Gasteiger partial charge in [0, 0.05) is 32.0 Å². The monoisotopic (exact) mass is 661 g/mol. The topological polar surface area (TPSA) is 262 Å². The van der Waals surface area contributed by atoms with Crippen molar-refractivity contribution in [1.29, 1.82) is 5.41 Å². The number of amides is 2. The summed E-state index contributed by atoms with van der Waals surface area (Å²) in [6.07, 6.45) is 0.0113. The zero-order valence-electron chi connectivity index (χ0n) is 24.7. The molecular formula is C27H36ClN11O5S. The Labute approximate surface area is 265 Å². The van der Waals surface area contributed by atoms with Crippen molar-refractivity contribution in [3.05, 3.63) is 70.5 Å². The van der Waals surface area contributed by atoms with Gasteiger partial charge in [0.15, 0.2) is 28.4 Å². The minimum atomic E-state index is -4.22. The van der Waals surface area contributed by atoms with E-state index in [9.17, 15) is 18.0 Å². The number of methoxy groups -OCH3 is 1. The van der Waals surface area contributed by atoms with Crippen molar-refractivity contribution in [2.24, 2.45) is 11.6 Å². The lowest BCUT2D eigenvalue weighted by molar-refractivity contribution is -0.121. The lowest BCUT2D eigenvalue weighted by Gasteiger charge is -2.22. The fourth-order valence-electron chi connectivity index (χ4n) is 4.30. The van der Waals surface area contributed by atoms with E-state index in [1.807, 2.05) is 40.0 Å². The van der Waals surface area contributed by atoms with Crippen LogP contribution in [0.5, 0.6) is 5.75 Å². The number of sulfonamides is 1.